The molecule has 1 amide bonds. The number of carbonyl (C=O) groups is 1. The number of hydrogen-bond donors (Lipinski definition) is 1. The van der Waals surface area contributed by atoms with Crippen LogP contribution in [0.1, 0.15) is 17.6 Å². The molecule has 1 radical (unpaired) electrons. The molecule has 5 heteroatoms. The lowest BCUT2D eigenvalue weighted by atomic mass is 10.6. The van der Waals surface area contributed by atoms with Crippen LogP contribution in [0, 0.1) is 0 Å². The second kappa shape index (κ2) is 3.05. The molecule has 11 heavy (non-hydrogen) atoms. The zero-order valence-corrected chi connectivity index (χ0v) is 5.96. The molecule has 1 rings (SSSR count). The van der Waals surface area contributed by atoms with Crippen molar-refractivity contribution in [1.29, 1.82) is 0 Å². The van der Waals surface area contributed by atoms with E-state index in [0.717, 1.165) is 6.26 Å². The van der Waals surface area contributed by atoms with Crippen molar-refractivity contribution in [1.82, 2.24) is 10.3 Å². The Balaban J connectivity index is 2.69. The van der Waals surface area contributed by atoms with Crippen molar-refractivity contribution in [2.75, 3.05) is 6.54 Å². The first kappa shape index (κ1) is 7.59. The van der Waals surface area contributed by atoms with Crippen molar-refractivity contribution in [3.63, 3.8) is 0 Å². The van der Waals surface area contributed by atoms with Gasteiger partial charge in [0.05, 0.1) is 0 Å². The van der Waals surface area contributed by atoms with Gasteiger partial charge in [-0.05, 0) is 6.92 Å². The van der Waals surface area contributed by atoms with Crippen LogP contribution in [-0.2, 0) is 5.11 Å². The third-order valence-corrected chi connectivity index (χ3v) is 1.01. The second-order valence-corrected chi connectivity index (χ2v) is 1.85. The maximum Gasteiger partial charge on any atom is 0.308 e. The summed E-state index contributed by atoms with van der Waals surface area (Å²) in [5.41, 5.74) is 0. The molecular weight excluding hydrogens is 148 g/mol. The van der Waals surface area contributed by atoms with E-state index in [1.807, 2.05) is 0 Å². The highest BCUT2D eigenvalue weighted by molar-refractivity contribution is 5.89. The Kier molecular flexibility index (Phi) is 2.10. The van der Waals surface area contributed by atoms with E-state index in [2.05, 4.69) is 14.7 Å². The predicted octanol–water partition coefficient (Wildman–Crippen LogP) is 0.568. The van der Waals surface area contributed by atoms with Gasteiger partial charge in [-0.15, -0.1) is 0 Å². The summed E-state index contributed by atoms with van der Waals surface area (Å²) < 4.78 is 4.54. The molecule has 5 nitrogen and oxygen atoms in total. The minimum absolute atomic E-state index is 0.183. The smallest absolute Gasteiger partial charge is 0.308 e. The van der Waals surface area contributed by atoms with E-state index < -0.39 is 11.8 Å². The lowest BCUT2D eigenvalue weighted by Crippen LogP contribution is -2.22. The summed E-state index contributed by atoms with van der Waals surface area (Å²) in [4.78, 5) is 14.1. The Morgan fingerprint density at radius 1 is 1.82 bits per heavy atom. The van der Waals surface area contributed by atoms with E-state index in [1.165, 1.54) is 0 Å². The number of oxazole rings is 1. The fraction of sp³-hybridized carbons (Fsp3) is 0.333. The maximum atomic E-state index is 10.9. The van der Waals surface area contributed by atoms with Crippen LogP contribution in [0.3, 0.4) is 0 Å². The van der Waals surface area contributed by atoms with Gasteiger partial charge in [0.25, 0.3) is 5.89 Å². The molecule has 0 fully saturated rings. The molecule has 59 valence electrons. The van der Waals surface area contributed by atoms with Crippen molar-refractivity contribution >= 4 is 5.91 Å². The van der Waals surface area contributed by atoms with E-state index in [9.17, 15) is 9.90 Å². The summed E-state index contributed by atoms with van der Waals surface area (Å²) in [6, 6.07) is 0. The molecule has 0 saturated heterocycles. The first-order valence-corrected chi connectivity index (χ1v) is 3.14. The quantitative estimate of drug-likeness (QED) is 0.678. The molecule has 1 heterocycles. The predicted molar refractivity (Wildman–Crippen MR) is 34.6 cm³/mol. The average Bonchev–Trinajstić information content (AvgIpc) is 2.36. The number of nitrogens with one attached hydrogen (secondary N) is 1. The number of carbonyl (C=O) groups excluding carboxylic acids is 1. The SMILES string of the molecule is CCNC(=O)c1nc([O])co1. The van der Waals surface area contributed by atoms with Gasteiger partial charge in [0.1, 0.15) is 0 Å². The van der Waals surface area contributed by atoms with Gasteiger partial charge in [-0.2, -0.15) is 4.98 Å². The van der Waals surface area contributed by atoms with Crippen LogP contribution >= 0.6 is 0 Å². The third kappa shape index (κ3) is 1.70. The molecule has 0 aliphatic carbocycles. The van der Waals surface area contributed by atoms with Crippen molar-refractivity contribution in [2.24, 2.45) is 0 Å². The molecule has 0 atom stereocenters. The van der Waals surface area contributed by atoms with Crippen molar-refractivity contribution in [3.8, 4) is 5.88 Å². The van der Waals surface area contributed by atoms with Crippen LogP contribution in [0.15, 0.2) is 10.7 Å². The first-order valence-electron chi connectivity index (χ1n) is 3.14. The van der Waals surface area contributed by atoms with Crippen LogP contribution in [0.5, 0.6) is 5.88 Å². The lowest BCUT2D eigenvalue weighted by Gasteiger charge is -1.93. The van der Waals surface area contributed by atoms with E-state index in [1.54, 1.807) is 6.92 Å². The van der Waals surface area contributed by atoms with Gasteiger partial charge in [-0.3, -0.25) is 9.90 Å². The zero-order valence-electron chi connectivity index (χ0n) is 5.96. The summed E-state index contributed by atoms with van der Waals surface area (Å²) in [5, 5.41) is 12.9. The highest BCUT2D eigenvalue weighted by Gasteiger charge is 2.11. The summed E-state index contributed by atoms with van der Waals surface area (Å²) in [6.45, 7) is 2.24. The number of amides is 1. The van der Waals surface area contributed by atoms with Crippen LogP contribution in [-0.4, -0.2) is 17.4 Å². The van der Waals surface area contributed by atoms with E-state index >= 15 is 0 Å². The number of hydrogen-bond acceptors (Lipinski definition) is 3. The van der Waals surface area contributed by atoms with Crippen LogP contribution in [0.4, 0.5) is 0 Å². The minimum atomic E-state index is -0.536. The highest BCUT2D eigenvalue weighted by atomic mass is 16.4. The highest BCUT2D eigenvalue weighted by Crippen LogP contribution is 2.07. The molecule has 0 aromatic carbocycles. The maximum absolute atomic E-state index is 10.9. The first-order chi connectivity index (χ1) is 5.24. The minimum Gasteiger partial charge on any atom is -0.437 e. The molecular formula is C6H7N2O3. The summed E-state index contributed by atoms with van der Waals surface area (Å²) >= 11 is 0. The molecule has 0 bridgehead atoms. The van der Waals surface area contributed by atoms with Gasteiger partial charge in [0, 0.05) is 6.54 Å². The van der Waals surface area contributed by atoms with Crippen molar-refractivity contribution < 1.29 is 14.3 Å². The molecule has 1 aromatic heterocycles. The average molecular weight is 155 g/mol. The molecule has 0 aliphatic heterocycles. The normalized spacial score (nSPS) is 9.55. The second-order valence-electron chi connectivity index (χ2n) is 1.85. The fourth-order valence-electron chi connectivity index (χ4n) is 0.599. The van der Waals surface area contributed by atoms with Crippen molar-refractivity contribution in [3.05, 3.63) is 12.2 Å². The van der Waals surface area contributed by atoms with E-state index in [0.29, 0.717) is 6.54 Å². The number of aromatic nitrogens is 1. The van der Waals surface area contributed by atoms with Gasteiger partial charge >= 0.3 is 11.8 Å². The van der Waals surface area contributed by atoms with Crippen molar-refractivity contribution in [2.45, 2.75) is 6.92 Å². The molecule has 1 N–H and O–H groups in total. The molecule has 1 aromatic rings. The number of nitrogens with zero attached hydrogens (tertiary/aromatic N) is 1. The summed E-state index contributed by atoms with van der Waals surface area (Å²) in [6.07, 6.45) is 0.893. The van der Waals surface area contributed by atoms with Gasteiger partial charge in [-0.25, -0.2) is 0 Å². The monoisotopic (exact) mass is 155 g/mol. The van der Waals surface area contributed by atoms with Crippen LogP contribution < -0.4 is 5.32 Å². The Morgan fingerprint density at radius 3 is 3.00 bits per heavy atom. The summed E-state index contributed by atoms with van der Waals surface area (Å²) in [7, 11) is 0. The van der Waals surface area contributed by atoms with Gasteiger partial charge in [-0.1, -0.05) is 0 Å². The molecule has 0 unspecified atom stereocenters. The molecule has 0 saturated carbocycles. The number of rotatable bonds is 2. The van der Waals surface area contributed by atoms with E-state index in [-0.39, 0.29) is 5.89 Å². The third-order valence-electron chi connectivity index (χ3n) is 1.01. The summed E-state index contributed by atoms with van der Waals surface area (Å²) in [5.74, 6) is -1.18. The topological polar surface area (TPSA) is 75.0 Å². The Morgan fingerprint density at radius 2 is 2.55 bits per heavy atom. The molecule has 0 aliphatic rings. The van der Waals surface area contributed by atoms with E-state index in [4.69, 9.17) is 0 Å². The Hall–Kier alpha value is -1.52. The van der Waals surface area contributed by atoms with Crippen LogP contribution in [0.25, 0.3) is 0 Å². The Bertz CT molecular complexity index is 256. The van der Waals surface area contributed by atoms with Gasteiger partial charge < -0.3 is 9.73 Å². The lowest BCUT2D eigenvalue weighted by molar-refractivity contribution is 0.0921. The molecule has 0 spiro atoms. The fourth-order valence-corrected chi connectivity index (χ4v) is 0.599. The van der Waals surface area contributed by atoms with Gasteiger partial charge in [0.15, 0.2) is 6.26 Å². The van der Waals surface area contributed by atoms with Crippen LogP contribution in [0.2, 0.25) is 0 Å². The zero-order chi connectivity index (χ0) is 8.27. The van der Waals surface area contributed by atoms with Gasteiger partial charge in [0.2, 0.25) is 0 Å². The largest absolute Gasteiger partial charge is 0.437 e. The Labute approximate surface area is 63.0 Å². The standard InChI is InChI=1S/C6H7N2O3/c1-2-7-5(10)6-8-4(9)3-11-6/h3H,2H2,1H3,(H,7,10).